The Hall–Kier alpha value is -1.36. The molecule has 0 unspecified atom stereocenters. The summed E-state index contributed by atoms with van der Waals surface area (Å²) in [7, 11) is 0. The Kier molecular flexibility index (Phi) is 6.20. The maximum Gasteiger partial charge on any atom is 0.312 e. The standard InChI is InChI=1S/C15H21BrN2O2/c1-10(2)18(11(3)4)15(20)14(19)17-9-12-6-5-7-13(16)8-12/h5-8,10-11H,9H2,1-4H3,(H,17,19). The number of rotatable bonds is 4. The van der Waals surface area contributed by atoms with Crippen LogP contribution < -0.4 is 5.32 Å². The fraction of sp³-hybridized carbons (Fsp3) is 0.467. The van der Waals surface area contributed by atoms with Gasteiger partial charge in [-0.1, -0.05) is 28.1 Å². The molecule has 1 aromatic rings. The van der Waals surface area contributed by atoms with Crippen LogP contribution in [0.2, 0.25) is 0 Å². The molecule has 5 heteroatoms. The molecular formula is C15H21BrN2O2. The van der Waals surface area contributed by atoms with Crippen LogP contribution in [0.1, 0.15) is 33.3 Å². The van der Waals surface area contributed by atoms with E-state index in [1.807, 2.05) is 52.0 Å². The Bertz CT molecular complexity index is 479. The average molecular weight is 341 g/mol. The third kappa shape index (κ3) is 4.63. The van der Waals surface area contributed by atoms with E-state index in [2.05, 4.69) is 21.2 Å². The van der Waals surface area contributed by atoms with Gasteiger partial charge in [0.15, 0.2) is 0 Å². The molecule has 0 aliphatic rings. The lowest BCUT2D eigenvalue weighted by Crippen LogP contribution is -2.49. The second-order valence-electron chi connectivity index (χ2n) is 5.21. The molecular weight excluding hydrogens is 320 g/mol. The SMILES string of the molecule is CC(C)N(C(=O)C(=O)NCc1cccc(Br)c1)C(C)C. The number of nitrogens with one attached hydrogen (secondary N) is 1. The molecule has 20 heavy (non-hydrogen) atoms. The molecule has 2 amide bonds. The van der Waals surface area contributed by atoms with Gasteiger partial charge in [-0.2, -0.15) is 0 Å². The first kappa shape index (κ1) is 16.7. The summed E-state index contributed by atoms with van der Waals surface area (Å²) in [5.74, 6) is -1.04. The van der Waals surface area contributed by atoms with Crippen LogP contribution in [0.3, 0.4) is 0 Å². The summed E-state index contributed by atoms with van der Waals surface area (Å²) in [6.07, 6.45) is 0. The smallest absolute Gasteiger partial charge is 0.312 e. The van der Waals surface area contributed by atoms with Gasteiger partial charge in [0, 0.05) is 23.1 Å². The third-order valence-electron chi connectivity index (χ3n) is 2.88. The Morgan fingerprint density at radius 1 is 1.20 bits per heavy atom. The highest BCUT2D eigenvalue weighted by atomic mass is 79.9. The molecule has 0 aliphatic heterocycles. The molecule has 0 aromatic heterocycles. The zero-order chi connectivity index (χ0) is 15.3. The van der Waals surface area contributed by atoms with E-state index in [9.17, 15) is 9.59 Å². The van der Waals surface area contributed by atoms with Gasteiger partial charge in [0.1, 0.15) is 0 Å². The second kappa shape index (κ2) is 7.43. The molecule has 0 bridgehead atoms. The Morgan fingerprint density at radius 2 is 1.80 bits per heavy atom. The third-order valence-corrected chi connectivity index (χ3v) is 3.38. The van der Waals surface area contributed by atoms with Crippen molar-refractivity contribution < 1.29 is 9.59 Å². The fourth-order valence-corrected chi connectivity index (χ4v) is 2.53. The summed E-state index contributed by atoms with van der Waals surface area (Å²) in [6, 6.07) is 7.61. The van der Waals surface area contributed by atoms with Crippen molar-refractivity contribution in [3.8, 4) is 0 Å². The Morgan fingerprint density at radius 3 is 2.30 bits per heavy atom. The quantitative estimate of drug-likeness (QED) is 0.856. The zero-order valence-electron chi connectivity index (χ0n) is 12.3. The normalized spacial score (nSPS) is 10.8. The number of halogens is 1. The van der Waals surface area contributed by atoms with Crippen molar-refractivity contribution in [1.82, 2.24) is 10.2 Å². The number of benzene rings is 1. The topological polar surface area (TPSA) is 49.4 Å². The predicted octanol–water partition coefficient (Wildman–Crippen LogP) is 2.71. The first-order chi connectivity index (χ1) is 9.32. The van der Waals surface area contributed by atoms with E-state index in [1.54, 1.807) is 4.90 Å². The maximum absolute atomic E-state index is 12.1. The van der Waals surface area contributed by atoms with Crippen LogP contribution in [0.25, 0.3) is 0 Å². The molecule has 1 aromatic carbocycles. The Balaban J connectivity index is 2.64. The van der Waals surface area contributed by atoms with Crippen LogP contribution in [-0.2, 0) is 16.1 Å². The van der Waals surface area contributed by atoms with E-state index in [-0.39, 0.29) is 12.1 Å². The van der Waals surface area contributed by atoms with Crippen molar-refractivity contribution in [2.45, 2.75) is 46.3 Å². The van der Waals surface area contributed by atoms with E-state index in [4.69, 9.17) is 0 Å². The number of nitrogens with zero attached hydrogens (tertiary/aromatic N) is 1. The van der Waals surface area contributed by atoms with Crippen molar-refractivity contribution in [3.05, 3.63) is 34.3 Å². The molecule has 0 heterocycles. The Labute approximate surface area is 128 Å². The highest BCUT2D eigenvalue weighted by Gasteiger charge is 2.25. The van der Waals surface area contributed by atoms with E-state index in [0.29, 0.717) is 6.54 Å². The summed E-state index contributed by atoms with van der Waals surface area (Å²) < 4.78 is 0.946. The van der Waals surface area contributed by atoms with Crippen molar-refractivity contribution >= 4 is 27.7 Å². The van der Waals surface area contributed by atoms with Gasteiger partial charge in [-0.3, -0.25) is 9.59 Å². The number of amides is 2. The van der Waals surface area contributed by atoms with Crippen molar-refractivity contribution in [1.29, 1.82) is 0 Å². The molecule has 0 saturated carbocycles. The van der Waals surface area contributed by atoms with Crippen molar-refractivity contribution in [2.75, 3.05) is 0 Å². The van der Waals surface area contributed by atoms with Crippen LogP contribution in [0.4, 0.5) is 0 Å². The molecule has 0 saturated heterocycles. The minimum Gasteiger partial charge on any atom is -0.344 e. The molecule has 110 valence electrons. The number of hydrogen-bond donors (Lipinski definition) is 1. The average Bonchev–Trinajstić information content (AvgIpc) is 2.35. The summed E-state index contributed by atoms with van der Waals surface area (Å²) in [5, 5.41) is 2.67. The van der Waals surface area contributed by atoms with Gasteiger partial charge < -0.3 is 10.2 Å². The van der Waals surface area contributed by atoms with Crippen LogP contribution in [0.5, 0.6) is 0 Å². The van der Waals surface area contributed by atoms with E-state index >= 15 is 0 Å². The first-order valence-electron chi connectivity index (χ1n) is 6.68. The molecule has 1 N–H and O–H groups in total. The van der Waals surface area contributed by atoms with Gasteiger partial charge in [-0.25, -0.2) is 0 Å². The van der Waals surface area contributed by atoms with Gasteiger partial charge in [-0.05, 0) is 45.4 Å². The van der Waals surface area contributed by atoms with Crippen molar-refractivity contribution in [3.63, 3.8) is 0 Å². The predicted molar refractivity (Wildman–Crippen MR) is 83.1 cm³/mol. The molecule has 0 fully saturated rings. The summed E-state index contributed by atoms with van der Waals surface area (Å²) in [5.41, 5.74) is 0.946. The number of hydrogen-bond acceptors (Lipinski definition) is 2. The lowest BCUT2D eigenvalue weighted by atomic mass is 10.2. The van der Waals surface area contributed by atoms with Crippen LogP contribution in [0.15, 0.2) is 28.7 Å². The van der Waals surface area contributed by atoms with Crippen molar-refractivity contribution in [2.24, 2.45) is 0 Å². The molecule has 0 aliphatic carbocycles. The van der Waals surface area contributed by atoms with Gasteiger partial charge >= 0.3 is 11.8 Å². The zero-order valence-corrected chi connectivity index (χ0v) is 13.9. The molecule has 1 rings (SSSR count). The van der Waals surface area contributed by atoms with Crippen LogP contribution >= 0.6 is 15.9 Å². The lowest BCUT2D eigenvalue weighted by Gasteiger charge is -2.29. The maximum atomic E-state index is 12.1. The summed E-state index contributed by atoms with van der Waals surface area (Å²) >= 11 is 3.37. The summed E-state index contributed by atoms with van der Waals surface area (Å²) in [6.45, 7) is 7.95. The lowest BCUT2D eigenvalue weighted by molar-refractivity contribution is -0.148. The molecule has 0 spiro atoms. The van der Waals surface area contributed by atoms with Gasteiger partial charge in [0.2, 0.25) is 0 Å². The minimum absolute atomic E-state index is 0.000815. The fourth-order valence-electron chi connectivity index (χ4n) is 2.09. The summed E-state index contributed by atoms with van der Waals surface area (Å²) in [4.78, 5) is 25.6. The molecule has 0 atom stereocenters. The van der Waals surface area contributed by atoms with E-state index in [1.165, 1.54) is 0 Å². The van der Waals surface area contributed by atoms with E-state index < -0.39 is 11.8 Å². The van der Waals surface area contributed by atoms with Gasteiger partial charge in [0.05, 0.1) is 0 Å². The highest BCUT2D eigenvalue weighted by Crippen LogP contribution is 2.11. The second-order valence-corrected chi connectivity index (χ2v) is 6.13. The van der Waals surface area contributed by atoms with Crippen LogP contribution in [0, 0.1) is 0 Å². The first-order valence-corrected chi connectivity index (χ1v) is 7.47. The highest BCUT2D eigenvalue weighted by molar-refractivity contribution is 9.10. The largest absolute Gasteiger partial charge is 0.344 e. The molecule has 4 nitrogen and oxygen atoms in total. The van der Waals surface area contributed by atoms with Gasteiger partial charge in [-0.15, -0.1) is 0 Å². The number of carbonyl (C=O) groups is 2. The monoisotopic (exact) mass is 340 g/mol. The van der Waals surface area contributed by atoms with Crippen LogP contribution in [-0.4, -0.2) is 28.8 Å². The number of carbonyl (C=O) groups excluding carboxylic acids is 2. The molecule has 0 radical (unpaired) electrons. The van der Waals surface area contributed by atoms with Gasteiger partial charge in [0.25, 0.3) is 0 Å². The minimum atomic E-state index is -0.563. The van der Waals surface area contributed by atoms with E-state index in [0.717, 1.165) is 10.0 Å².